The zero-order valence-corrected chi connectivity index (χ0v) is 9.24. The van der Waals surface area contributed by atoms with Gasteiger partial charge in [0.25, 0.3) is 0 Å². The molecule has 1 aliphatic heterocycles. The summed E-state index contributed by atoms with van der Waals surface area (Å²) in [6, 6.07) is 0. The minimum atomic E-state index is -1.19. The Labute approximate surface area is 94.6 Å². The van der Waals surface area contributed by atoms with E-state index in [0.29, 0.717) is 6.54 Å². The average Bonchev–Trinajstić information content (AvgIpc) is 2.28. The van der Waals surface area contributed by atoms with Gasteiger partial charge in [0.2, 0.25) is 5.91 Å². The summed E-state index contributed by atoms with van der Waals surface area (Å²) >= 11 is 0. The first-order valence-electron chi connectivity index (χ1n) is 5.45. The van der Waals surface area contributed by atoms with Crippen LogP contribution in [0.15, 0.2) is 0 Å². The maximum Gasteiger partial charge on any atom is 0.220 e. The highest BCUT2D eigenvalue weighted by molar-refractivity contribution is 5.79. The number of rotatable bonds is 6. The number of carbonyl (C=O) groups excluding carboxylic acids is 2. The summed E-state index contributed by atoms with van der Waals surface area (Å²) in [5, 5.41) is 12.8. The molecule has 0 saturated carbocycles. The van der Waals surface area contributed by atoms with Gasteiger partial charge in [0, 0.05) is 38.6 Å². The summed E-state index contributed by atoms with van der Waals surface area (Å²) in [6.07, 6.45) is -0.227. The van der Waals surface area contributed by atoms with Gasteiger partial charge in [-0.3, -0.25) is 9.69 Å². The third kappa shape index (κ3) is 5.67. The summed E-state index contributed by atoms with van der Waals surface area (Å²) in [4.78, 5) is 23.5. The third-order valence-electron chi connectivity index (χ3n) is 2.41. The summed E-state index contributed by atoms with van der Waals surface area (Å²) in [5.41, 5.74) is 0. The Bertz CT molecular complexity index is 239. The van der Waals surface area contributed by atoms with Gasteiger partial charge in [-0.15, -0.1) is 0 Å². The molecule has 1 heterocycles. The maximum atomic E-state index is 11.1. The highest BCUT2D eigenvalue weighted by Gasteiger charge is 2.09. The predicted octanol–water partition coefficient (Wildman–Crippen LogP) is -2.04. The minimum Gasteiger partial charge on any atom is -0.550 e. The van der Waals surface area contributed by atoms with Gasteiger partial charge in [0.05, 0.1) is 13.2 Å². The Kier molecular flexibility index (Phi) is 5.81. The lowest BCUT2D eigenvalue weighted by atomic mass is 10.3. The molecule has 0 unspecified atom stereocenters. The van der Waals surface area contributed by atoms with Crippen LogP contribution in [0.4, 0.5) is 0 Å². The molecule has 6 heteroatoms. The number of carboxylic acid groups (broad SMARTS) is 1. The van der Waals surface area contributed by atoms with Crippen molar-refractivity contribution >= 4 is 11.9 Å². The van der Waals surface area contributed by atoms with Crippen LogP contribution >= 0.6 is 0 Å². The molecule has 1 rings (SSSR count). The third-order valence-corrected chi connectivity index (χ3v) is 2.41. The molecule has 1 aliphatic rings. The van der Waals surface area contributed by atoms with E-state index in [1.165, 1.54) is 0 Å². The van der Waals surface area contributed by atoms with E-state index in [0.717, 1.165) is 32.8 Å². The number of carboxylic acids is 1. The fourth-order valence-corrected chi connectivity index (χ4v) is 1.48. The lowest BCUT2D eigenvalue weighted by Crippen LogP contribution is -2.41. The number of nitrogens with zero attached hydrogens (tertiary/aromatic N) is 1. The van der Waals surface area contributed by atoms with Crippen LogP contribution in [0.2, 0.25) is 0 Å². The minimum absolute atomic E-state index is 0.00849. The fourth-order valence-electron chi connectivity index (χ4n) is 1.48. The van der Waals surface area contributed by atoms with E-state index in [1.807, 2.05) is 0 Å². The van der Waals surface area contributed by atoms with Gasteiger partial charge in [0.1, 0.15) is 0 Å². The van der Waals surface area contributed by atoms with E-state index in [2.05, 4.69) is 10.2 Å². The van der Waals surface area contributed by atoms with Gasteiger partial charge in [-0.25, -0.2) is 0 Å². The van der Waals surface area contributed by atoms with E-state index in [4.69, 9.17) is 4.74 Å². The Balaban J connectivity index is 2.01. The van der Waals surface area contributed by atoms with Crippen LogP contribution in [0.25, 0.3) is 0 Å². The van der Waals surface area contributed by atoms with Crippen molar-refractivity contribution in [2.24, 2.45) is 0 Å². The number of hydrogen-bond acceptors (Lipinski definition) is 5. The highest BCUT2D eigenvalue weighted by Crippen LogP contribution is 1.95. The predicted molar refractivity (Wildman–Crippen MR) is 54.5 cm³/mol. The van der Waals surface area contributed by atoms with E-state index in [1.54, 1.807) is 0 Å². The van der Waals surface area contributed by atoms with Crippen LogP contribution in [0, 0.1) is 0 Å². The van der Waals surface area contributed by atoms with Crippen LogP contribution in [0.5, 0.6) is 0 Å². The summed E-state index contributed by atoms with van der Waals surface area (Å²) in [6.45, 7) is 4.56. The first-order valence-corrected chi connectivity index (χ1v) is 5.45. The van der Waals surface area contributed by atoms with Crippen molar-refractivity contribution < 1.29 is 19.4 Å². The van der Waals surface area contributed by atoms with Crippen LogP contribution in [0.3, 0.4) is 0 Å². The summed E-state index contributed by atoms with van der Waals surface area (Å²) < 4.78 is 5.19. The first kappa shape index (κ1) is 12.9. The number of hydrogen-bond donors (Lipinski definition) is 1. The maximum absolute atomic E-state index is 11.1. The smallest absolute Gasteiger partial charge is 0.220 e. The molecule has 0 atom stereocenters. The second kappa shape index (κ2) is 7.19. The molecule has 16 heavy (non-hydrogen) atoms. The zero-order valence-electron chi connectivity index (χ0n) is 9.24. The molecular weight excluding hydrogens is 212 g/mol. The topological polar surface area (TPSA) is 81.7 Å². The molecule has 0 radical (unpaired) electrons. The SMILES string of the molecule is O=C([O-])CCC(=O)NCCN1CCOCC1. The van der Waals surface area contributed by atoms with Crippen LogP contribution in [-0.2, 0) is 14.3 Å². The zero-order chi connectivity index (χ0) is 11.8. The number of morpholine rings is 1. The monoisotopic (exact) mass is 229 g/mol. The lowest BCUT2D eigenvalue weighted by molar-refractivity contribution is -0.305. The summed E-state index contributed by atoms with van der Waals surface area (Å²) in [5.74, 6) is -1.43. The van der Waals surface area contributed by atoms with Gasteiger partial charge in [-0.05, 0) is 6.42 Å². The molecule has 0 aromatic carbocycles. The number of ether oxygens (including phenoxy) is 1. The van der Waals surface area contributed by atoms with Gasteiger partial charge >= 0.3 is 0 Å². The first-order chi connectivity index (χ1) is 7.68. The van der Waals surface area contributed by atoms with E-state index < -0.39 is 5.97 Å². The van der Waals surface area contributed by atoms with Crippen LogP contribution < -0.4 is 10.4 Å². The summed E-state index contributed by atoms with van der Waals surface area (Å²) in [7, 11) is 0. The molecule has 0 bridgehead atoms. The largest absolute Gasteiger partial charge is 0.550 e. The Morgan fingerprint density at radius 3 is 2.56 bits per heavy atom. The number of amides is 1. The number of nitrogens with one attached hydrogen (secondary N) is 1. The molecule has 1 fully saturated rings. The molecule has 0 spiro atoms. The van der Waals surface area contributed by atoms with Crippen molar-refractivity contribution in [1.82, 2.24) is 10.2 Å². The standard InChI is InChI=1S/C10H18N2O4/c13-9(1-2-10(14)15)11-3-4-12-5-7-16-8-6-12/h1-8H2,(H,11,13)(H,14,15)/p-1. The fraction of sp³-hybridized carbons (Fsp3) is 0.800. The van der Waals surface area contributed by atoms with E-state index in [9.17, 15) is 14.7 Å². The molecule has 1 saturated heterocycles. The van der Waals surface area contributed by atoms with Crippen molar-refractivity contribution in [1.29, 1.82) is 0 Å². The molecule has 92 valence electrons. The molecule has 0 aliphatic carbocycles. The Hall–Kier alpha value is -1.14. The van der Waals surface area contributed by atoms with Crippen molar-refractivity contribution in [3.05, 3.63) is 0 Å². The van der Waals surface area contributed by atoms with E-state index >= 15 is 0 Å². The van der Waals surface area contributed by atoms with Crippen LogP contribution in [-0.4, -0.2) is 56.2 Å². The normalized spacial score (nSPS) is 17.0. The number of carbonyl (C=O) groups is 2. The molecule has 0 aromatic heterocycles. The molecular formula is C10H17N2O4-. The Morgan fingerprint density at radius 1 is 1.25 bits per heavy atom. The second-order valence-electron chi connectivity index (χ2n) is 3.68. The van der Waals surface area contributed by atoms with Crippen molar-refractivity contribution in [2.75, 3.05) is 39.4 Å². The van der Waals surface area contributed by atoms with Crippen molar-refractivity contribution in [3.8, 4) is 0 Å². The lowest BCUT2D eigenvalue weighted by Gasteiger charge is -2.26. The van der Waals surface area contributed by atoms with Crippen molar-refractivity contribution in [3.63, 3.8) is 0 Å². The van der Waals surface area contributed by atoms with Gasteiger partial charge < -0.3 is 20.0 Å². The average molecular weight is 229 g/mol. The van der Waals surface area contributed by atoms with Gasteiger partial charge in [0.15, 0.2) is 0 Å². The van der Waals surface area contributed by atoms with E-state index in [-0.39, 0.29) is 18.7 Å². The number of aliphatic carboxylic acids is 1. The highest BCUT2D eigenvalue weighted by atomic mass is 16.5. The van der Waals surface area contributed by atoms with Gasteiger partial charge in [-0.1, -0.05) is 0 Å². The van der Waals surface area contributed by atoms with Gasteiger partial charge in [-0.2, -0.15) is 0 Å². The second-order valence-corrected chi connectivity index (χ2v) is 3.68. The molecule has 1 N–H and O–H groups in total. The molecule has 1 amide bonds. The van der Waals surface area contributed by atoms with Crippen LogP contribution in [0.1, 0.15) is 12.8 Å². The molecule has 0 aromatic rings. The van der Waals surface area contributed by atoms with Crippen molar-refractivity contribution in [2.45, 2.75) is 12.8 Å². The quantitative estimate of drug-likeness (QED) is 0.568. The Morgan fingerprint density at radius 2 is 1.94 bits per heavy atom. The molecule has 6 nitrogen and oxygen atoms in total.